The number of nitrogens with zero attached hydrogens (tertiary/aromatic N) is 5. The van der Waals surface area contributed by atoms with Crippen molar-refractivity contribution < 1.29 is 22.3 Å². The summed E-state index contributed by atoms with van der Waals surface area (Å²) in [6, 6.07) is 8.60. The van der Waals surface area contributed by atoms with Gasteiger partial charge in [0.25, 0.3) is 0 Å². The molecule has 8 nitrogen and oxygen atoms in total. The molecule has 2 fully saturated rings. The average Bonchev–Trinajstić information content (AvgIpc) is 2.92. The maximum atomic E-state index is 15.4. The number of alkyl halides is 3. The van der Waals surface area contributed by atoms with Crippen LogP contribution in [0.3, 0.4) is 0 Å². The SMILES string of the molecule is COCCN1CCN(c2cc(N3CCN(c4cccc(C(F)(F)F)c4)CC3)c(F)cc2C=NNC(N)=S)CC1. The zero-order valence-corrected chi connectivity index (χ0v) is 22.6. The maximum absolute atomic E-state index is 15.4. The van der Waals surface area contributed by atoms with Crippen molar-refractivity contribution in [2.24, 2.45) is 10.8 Å². The van der Waals surface area contributed by atoms with E-state index in [1.807, 2.05) is 15.9 Å². The fourth-order valence-corrected chi connectivity index (χ4v) is 4.92. The highest BCUT2D eigenvalue weighted by Crippen LogP contribution is 2.34. The molecule has 0 spiro atoms. The first-order chi connectivity index (χ1) is 18.7. The predicted octanol–water partition coefficient (Wildman–Crippen LogP) is 3.11. The van der Waals surface area contributed by atoms with E-state index in [9.17, 15) is 13.2 Å². The number of hydrogen-bond acceptors (Lipinski definition) is 7. The van der Waals surface area contributed by atoms with Gasteiger partial charge in [-0.2, -0.15) is 18.3 Å². The number of piperazine rings is 2. The molecule has 0 saturated carbocycles. The molecule has 0 bridgehead atoms. The fraction of sp³-hybridized carbons (Fsp3) is 0.462. The summed E-state index contributed by atoms with van der Waals surface area (Å²) in [4.78, 5) is 8.35. The number of anilines is 3. The van der Waals surface area contributed by atoms with Crippen LogP contribution in [-0.4, -0.2) is 88.8 Å². The minimum absolute atomic E-state index is 0.00953. The van der Waals surface area contributed by atoms with E-state index in [0.29, 0.717) is 49.7 Å². The molecule has 0 unspecified atom stereocenters. The number of halogens is 4. The summed E-state index contributed by atoms with van der Waals surface area (Å²) < 4.78 is 60.1. The fourth-order valence-electron chi connectivity index (χ4n) is 4.87. The van der Waals surface area contributed by atoms with Crippen LogP contribution < -0.4 is 25.9 Å². The van der Waals surface area contributed by atoms with Gasteiger partial charge in [0.2, 0.25) is 0 Å². The Morgan fingerprint density at radius 1 is 1.00 bits per heavy atom. The van der Waals surface area contributed by atoms with Gasteiger partial charge in [-0.1, -0.05) is 6.07 Å². The predicted molar refractivity (Wildman–Crippen MR) is 150 cm³/mol. The van der Waals surface area contributed by atoms with Crippen LogP contribution in [0.25, 0.3) is 0 Å². The molecule has 3 N–H and O–H groups in total. The Balaban J connectivity index is 1.52. The topological polar surface area (TPSA) is 72.6 Å². The smallest absolute Gasteiger partial charge is 0.383 e. The van der Waals surface area contributed by atoms with Crippen molar-refractivity contribution in [2.75, 3.05) is 87.3 Å². The van der Waals surface area contributed by atoms with Gasteiger partial charge in [0.05, 0.1) is 24.1 Å². The quantitative estimate of drug-likeness (QED) is 0.218. The molecule has 212 valence electrons. The van der Waals surface area contributed by atoms with E-state index < -0.39 is 17.6 Å². The summed E-state index contributed by atoms with van der Waals surface area (Å²) in [7, 11) is 1.68. The van der Waals surface area contributed by atoms with Gasteiger partial charge >= 0.3 is 6.18 Å². The number of thiocarbonyl (C=S) groups is 1. The molecule has 2 aliphatic rings. The number of hydrazone groups is 1. The second-order valence-electron chi connectivity index (χ2n) is 9.44. The minimum Gasteiger partial charge on any atom is -0.383 e. The first kappa shape index (κ1) is 28.8. The number of nitrogens with two attached hydrogens (primary N) is 1. The summed E-state index contributed by atoms with van der Waals surface area (Å²) >= 11 is 4.81. The Kier molecular flexibility index (Phi) is 9.46. The number of methoxy groups -OCH3 is 1. The van der Waals surface area contributed by atoms with Crippen LogP contribution in [-0.2, 0) is 10.9 Å². The van der Waals surface area contributed by atoms with Crippen LogP contribution >= 0.6 is 12.2 Å². The molecule has 13 heteroatoms. The molecular weight excluding hydrogens is 534 g/mol. The van der Waals surface area contributed by atoms with Crippen molar-refractivity contribution in [2.45, 2.75) is 6.18 Å². The van der Waals surface area contributed by atoms with Crippen LogP contribution in [0.2, 0.25) is 0 Å². The second-order valence-corrected chi connectivity index (χ2v) is 9.88. The molecule has 2 heterocycles. The molecule has 4 rings (SSSR count). The highest BCUT2D eigenvalue weighted by molar-refractivity contribution is 7.80. The van der Waals surface area contributed by atoms with Gasteiger partial charge in [-0.05, 0) is 42.5 Å². The van der Waals surface area contributed by atoms with Gasteiger partial charge in [0.1, 0.15) is 5.82 Å². The molecule has 2 saturated heterocycles. The Bertz CT molecular complexity index is 1160. The third-order valence-electron chi connectivity index (χ3n) is 6.96. The summed E-state index contributed by atoms with van der Waals surface area (Å²) in [6.07, 6.45) is -2.90. The van der Waals surface area contributed by atoms with Crippen LogP contribution in [0.5, 0.6) is 0 Å². The lowest BCUT2D eigenvalue weighted by molar-refractivity contribution is -0.137. The maximum Gasteiger partial charge on any atom is 0.416 e. The number of rotatable bonds is 8. The van der Waals surface area contributed by atoms with E-state index in [2.05, 4.69) is 20.3 Å². The third kappa shape index (κ3) is 7.49. The first-order valence-electron chi connectivity index (χ1n) is 12.7. The van der Waals surface area contributed by atoms with Crippen molar-refractivity contribution in [1.29, 1.82) is 0 Å². The summed E-state index contributed by atoms with van der Waals surface area (Å²) in [6.45, 7) is 6.56. The second kappa shape index (κ2) is 12.8. The lowest BCUT2D eigenvalue weighted by atomic mass is 10.1. The van der Waals surface area contributed by atoms with E-state index >= 15 is 4.39 Å². The standard InChI is InChI=1S/C26H33F4N7OS/c1-38-14-13-34-5-7-36(8-6-34)23-17-24(22(27)15-19(23)18-32-33-25(31)39)37-11-9-35(10-12-37)21-4-2-3-20(16-21)26(28,29)30/h2-4,15-18H,5-14H2,1H3,(H3,31,33,39). The van der Waals surface area contributed by atoms with E-state index in [4.69, 9.17) is 22.7 Å². The van der Waals surface area contributed by atoms with Crippen molar-refractivity contribution in [1.82, 2.24) is 10.3 Å². The zero-order chi connectivity index (χ0) is 28.0. The Hall–Kier alpha value is -3.16. The monoisotopic (exact) mass is 567 g/mol. The molecule has 0 atom stereocenters. The summed E-state index contributed by atoms with van der Waals surface area (Å²) in [5, 5.41) is 4.05. The lowest BCUT2D eigenvalue weighted by Crippen LogP contribution is -2.48. The van der Waals surface area contributed by atoms with Gasteiger partial charge in [-0.15, -0.1) is 0 Å². The van der Waals surface area contributed by atoms with Crippen LogP contribution in [0.15, 0.2) is 41.5 Å². The minimum atomic E-state index is -4.40. The van der Waals surface area contributed by atoms with Gasteiger partial charge in [-0.3, -0.25) is 10.3 Å². The van der Waals surface area contributed by atoms with Crippen molar-refractivity contribution in [3.05, 3.63) is 53.3 Å². The van der Waals surface area contributed by atoms with Crippen molar-refractivity contribution >= 4 is 40.6 Å². The molecule has 2 aromatic rings. The number of hydrogen-bond donors (Lipinski definition) is 2. The van der Waals surface area contributed by atoms with Gasteiger partial charge in [0.15, 0.2) is 5.11 Å². The number of benzene rings is 2. The normalized spacial score (nSPS) is 17.2. The van der Waals surface area contributed by atoms with Crippen LogP contribution in [0, 0.1) is 5.82 Å². The lowest BCUT2D eigenvalue weighted by Gasteiger charge is -2.39. The van der Waals surface area contributed by atoms with E-state index in [0.717, 1.165) is 50.5 Å². The van der Waals surface area contributed by atoms with E-state index in [1.165, 1.54) is 18.3 Å². The largest absolute Gasteiger partial charge is 0.416 e. The van der Waals surface area contributed by atoms with E-state index in [1.54, 1.807) is 13.2 Å². The molecule has 0 aromatic heterocycles. The Morgan fingerprint density at radius 2 is 1.64 bits per heavy atom. The van der Waals surface area contributed by atoms with Gasteiger partial charge < -0.3 is 25.2 Å². The molecular formula is C26H33F4N7OS. The third-order valence-corrected chi connectivity index (χ3v) is 7.05. The molecule has 0 radical (unpaired) electrons. The molecule has 39 heavy (non-hydrogen) atoms. The average molecular weight is 568 g/mol. The summed E-state index contributed by atoms with van der Waals surface area (Å²) in [5.41, 5.74) is 9.70. The van der Waals surface area contributed by atoms with Crippen molar-refractivity contribution in [3.63, 3.8) is 0 Å². The highest BCUT2D eigenvalue weighted by atomic mass is 32.1. The first-order valence-corrected chi connectivity index (χ1v) is 13.1. The number of ether oxygens (including phenoxy) is 1. The van der Waals surface area contributed by atoms with Gasteiger partial charge in [-0.25, -0.2) is 4.39 Å². The molecule has 0 aliphatic carbocycles. The Labute approximate surface area is 231 Å². The zero-order valence-electron chi connectivity index (χ0n) is 21.8. The number of nitrogens with one attached hydrogen (secondary N) is 1. The Morgan fingerprint density at radius 3 is 2.28 bits per heavy atom. The molecule has 2 aliphatic heterocycles. The summed E-state index contributed by atoms with van der Waals surface area (Å²) in [5.74, 6) is -0.401. The highest BCUT2D eigenvalue weighted by Gasteiger charge is 2.31. The van der Waals surface area contributed by atoms with Crippen molar-refractivity contribution in [3.8, 4) is 0 Å². The van der Waals surface area contributed by atoms with E-state index in [-0.39, 0.29) is 5.11 Å². The molecule has 0 amide bonds. The van der Waals surface area contributed by atoms with Crippen LogP contribution in [0.1, 0.15) is 11.1 Å². The van der Waals surface area contributed by atoms with Crippen LogP contribution in [0.4, 0.5) is 34.6 Å². The molecule has 2 aromatic carbocycles. The van der Waals surface area contributed by atoms with Gasteiger partial charge in [0, 0.05) is 83.0 Å².